The van der Waals surface area contributed by atoms with Crippen molar-refractivity contribution in [2.45, 2.75) is 11.8 Å². The number of halogens is 2. The van der Waals surface area contributed by atoms with Crippen molar-refractivity contribution in [2.75, 3.05) is 44.6 Å². The number of nitrogens with zero attached hydrogens (tertiary/aromatic N) is 2. The van der Waals surface area contributed by atoms with Crippen LogP contribution in [0.15, 0.2) is 47.4 Å². The first-order chi connectivity index (χ1) is 14.3. The van der Waals surface area contributed by atoms with Crippen molar-refractivity contribution in [2.24, 2.45) is 0 Å². The average molecular weight is 472 g/mol. The van der Waals surface area contributed by atoms with Crippen LogP contribution in [-0.2, 0) is 14.8 Å². The van der Waals surface area contributed by atoms with Gasteiger partial charge in [-0.2, -0.15) is 4.31 Å². The number of ether oxygens (including phenoxy) is 1. The molecule has 1 saturated heterocycles. The van der Waals surface area contributed by atoms with Crippen molar-refractivity contribution < 1.29 is 17.9 Å². The van der Waals surface area contributed by atoms with E-state index in [0.717, 1.165) is 19.6 Å². The molecule has 162 valence electrons. The number of hydrogen-bond acceptors (Lipinski definition) is 5. The van der Waals surface area contributed by atoms with E-state index in [4.69, 9.17) is 27.9 Å². The number of benzene rings is 2. The maximum absolute atomic E-state index is 12.8. The SMILES string of the molecule is CCN1CCN(S(=O)(=O)c2ccc(NC(=O)COc3cc(Cl)ccc3Cl)cc2)CC1. The number of likely N-dealkylation sites (N-methyl/N-ethyl adjacent to an activating group) is 1. The quantitative estimate of drug-likeness (QED) is 0.669. The molecule has 0 unspecified atom stereocenters. The minimum Gasteiger partial charge on any atom is -0.482 e. The van der Waals surface area contributed by atoms with Crippen molar-refractivity contribution in [3.05, 3.63) is 52.5 Å². The second kappa shape index (κ2) is 9.98. The second-order valence-corrected chi connectivity index (χ2v) is 9.56. The molecule has 0 aromatic heterocycles. The van der Waals surface area contributed by atoms with Gasteiger partial charge in [-0.05, 0) is 42.9 Å². The van der Waals surface area contributed by atoms with Crippen LogP contribution in [0.2, 0.25) is 10.0 Å². The highest BCUT2D eigenvalue weighted by Crippen LogP contribution is 2.27. The summed E-state index contributed by atoms with van der Waals surface area (Å²) in [5.41, 5.74) is 0.468. The standard InChI is InChI=1S/C20H23Cl2N3O4S/c1-2-24-9-11-25(12-10-24)30(27,28)17-6-4-16(5-7-17)23-20(26)14-29-19-13-15(21)3-8-18(19)22/h3-8,13H,2,9-12,14H2,1H3,(H,23,26). The monoisotopic (exact) mass is 471 g/mol. The van der Waals surface area contributed by atoms with E-state index in [2.05, 4.69) is 17.1 Å². The van der Waals surface area contributed by atoms with Crippen LogP contribution >= 0.6 is 23.2 Å². The zero-order chi connectivity index (χ0) is 21.7. The van der Waals surface area contributed by atoms with Gasteiger partial charge >= 0.3 is 0 Å². The smallest absolute Gasteiger partial charge is 0.262 e. The van der Waals surface area contributed by atoms with Crippen molar-refractivity contribution in [1.29, 1.82) is 0 Å². The Morgan fingerprint density at radius 3 is 2.37 bits per heavy atom. The molecule has 0 spiro atoms. The Balaban J connectivity index is 1.57. The van der Waals surface area contributed by atoms with Gasteiger partial charge in [-0.15, -0.1) is 0 Å². The average Bonchev–Trinajstić information content (AvgIpc) is 2.75. The highest BCUT2D eigenvalue weighted by Gasteiger charge is 2.27. The van der Waals surface area contributed by atoms with Gasteiger partial charge in [0.15, 0.2) is 6.61 Å². The number of carbonyl (C=O) groups excluding carboxylic acids is 1. The van der Waals surface area contributed by atoms with Crippen molar-refractivity contribution >= 4 is 44.8 Å². The lowest BCUT2D eigenvalue weighted by atomic mass is 10.3. The largest absolute Gasteiger partial charge is 0.482 e. The van der Waals surface area contributed by atoms with Gasteiger partial charge in [0.05, 0.1) is 9.92 Å². The summed E-state index contributed by atoms with van der Waals surface area (Å²) in [6.45, 7) is 5.10. The van der Waals surface area contributed by atoms with Gasteiger partial charge in [-0.1, -0.05) is 30.1 Å². The van der Waals surface area contributed by atoms with Gasteiger partial charge < -0.3 is 15.0 Å². The number of sulfonamides is 1. The zero-order valence-electron chi connectivity index (χ0n) is 16.5. The summed E-state index contributed by atoms with van der Waals surface area (Å²) in [4.78, 5) is 14.5. The van der Waals surface area contributed by atoms with Gasteiger partial charge in [0.2, 0.25) is 10.0 Å². The molecule has 1 aliphatic rings. The van der Waals surface area contributed by atoms with Crippen LogP contribution in [0.1, 0.15) is 6.92 Å². The summed E-state index contributed by atoms with van der Waals surface area (Å²) >= 11 is 11.9. The minimum atomic E-state index is -3.55. The summed E-state index contributed by atoms with van der Waals surface area (Å²) in [6.07, 6.45) is 0. The number of carbonyl (C=O) groups is 1. The molecule has 0 bridgehead atoms. The predicted octanol–water partition coefficient (Wildman–Crippen LogP) is 3.34. The third kappa shape index (κ3) is 5.65. The molecule has 0 aliphatic carbocycles. The summed E-state index contributed by atoms with van der Waals surface area (Å²) in [5, 5.41) is 3.46. The zero-order valence-corrected chi connectivity index (χ0v) is 18.8. The summed E-state index contributed by atoms with van der Waals surface area (Å²) in [6, 6.07) is 10.8. The summed E-state index contributed by atoms with van der Waals surface area (Å²) in [7, 11) is -3.55. The van der Waals surface area contributed by atoms with E-state index in [1.54, 1.807) is 24.3 Å². The maximum Gasteiger partial charge on any atom is 0.262 e. The fourth-order valence-electron chi connectivity index (χ4n) is 3.07. The maximum atomic E-state index is 12.8. The Hall–Kier alpha value is -1.84. The molecule has 7 nitrogen and oxygen atoms in total. The normalized spacial score (nSPS) is 15.7. The van der Waals surface area contributed by atoms with Gasteiger partial charge in [-0.3, -0.25) is 4.79 Å². The van der Waals surface area contributed by atoms with Crippen LogP contribution in [0.3, 0.4) is 0 Å². The van der Waals surface area contributed by atoms with Crippen LogP contribution in [0.25, 0.3) is 0 Å². The number of rotatable bonds is 7. The molecular weight excluding hydrogens is 449 g/mol. The lowest BCUT2D eigenvalue weighted by Crippen LogP contribution is -2.48. The van der Waals surface area contributed by atoms with Crippen molar-refractivity contribution in [3.8, 4) is 5.75 Å². The van der Waals surface area contributed by atoms with E-state index in [1.165, 1.54) is 22.5 Å². The first kappa shape index (κ1) is 22.8. The van der Waals surface area contributed by atoms with E-state index in [0.29, 0.717) is 34.6 Å². The van der Waals surface area contributed by atoms with Gasteiger partial charge in [-0.25, -0.2) is 8.42 Å². The van der Waals surface area contributed by atoms with Crippen LogP contribution < -0.4 is 10.1 Å². The molecule has 0 atom stereocenters. The predicted molar refractivity (Wildman–Crippen MR) is 118 cm³/mol. The van der Waals surface area contributed by atoms with Crippen LogP contribution in [0.4, 0.5) is 5.69 Å². The molecule has 1 amide bonds. The Bertz CT molecular complexity index is 992. The third-order valence-corrected chi connectivity index (χ3v) is 7.27. The Morgan fingerprint density at radius 2 is 1.73 bits per heavy atom. The van der Waals surface area contributed by atoms with Crippen molar-refractivity contribution in [3.63, 3.8) is 0 Å². The molecule has 1 N–H and O–H groups in total. The second-order valence-electron chi connectivity index (χ2n) is 6.77. The topological polar surface area (TPSA) is 79.0 Å². The van der Waals surface area contributed by atoms with E-state index in [9.17, 15) is 13.2 Å². The molecule has 0 saturated carbocycles. The van der Waals surface area contributed by atoms with Crippen LogP contribution in [0, 0.1) is 0 Å². The highest BCUT2D eigenvalue weighted by molar-refractivity contribution is 7.89. The molecule has 2 aromatic rings. The number of hydrogen-bond donors (Lipinski definition) is 1. The van der Waals surface area contributed by atoms with Gasteiger partial charge in [0, 0.05) is 43.0 Å². The lowest BCUT2D eigenvalue weighted by Gasteiger charge is -2.33. The Kier molecular flexibility index (Phi) is 7.60. The van der Waals surface area contributed by atoms with Gasteiger partial charge in [0.25, 0.3) is 5.91 Å². The van der Waals surface area contributed by atoms with Gasteiger partial charge in [0.1, 0.15) is 5.75 Å². The summed E-state index contributed by atoms with van der Waals surface area (Å²) in [5.74, 6) is -0.0961. The Morgan fingerprint density at radius 1 is 1.07 bits per heavy atom. The minimum absolute atomic E-state index is 0.201. The Labute approximate surface area is 186 Å². The number of nitrogens with one attached hydrogen (secondary N) is 1. The molecule has 0 radical (unpaired) electrons. The number of piperazine rings is 1. The number of amides is 1. The highest BCUT2D eigenvalue weighted by atomic mass is 35.5. The molecule has 1 aliphatic heterocycles. The third-order valence-electron chi connectivity index (χ3n) is 4.81. The molecule has 1 heterocycles. The van der Waals surface area contributed by atoms with E-state index >= 15 is 0 Å². The molecule has 30 heavy (non-hydrogen) atoms. The fraction of sp³-hybridized carbons (Fsp3) is 0.350. The molecule has 3 rings (SSSR count). The first-order valence-electron chi connectivity index (χ1n) is 9.50. The molecular formula is C20H23Cl2N3O4S. The molecule has 2 aromatic carbocycles. The number of anilines is 1. The summed E-state index contributed by atoms with van der Waals surface area (Å²) < 4.78 is 32.5. The van der Waals surface area contributed by atoms with Crippen LogP contribution in [0.5, 0.6) is 5.75 Å². The first-order valence-corrected chi connectivity index (χ1v) is 11.7. The van der Waals surface area contributed by atoms with E-state index in [-0.39, 0.29) is 11.5 Å². The van der Waals surface area contributed by atoms with E-state index in [1.807, 2.05) is 0 Å². The molecule has 1 fully saturated rings. The van der Waals surface area contributed by atoms with Crippen LogP contribution in [-0.4, -0.2) is 62.9 Å². The molecule has 10 heteroatoms. The van der Waals surface area contributed by atoms with E-state index < -0.39 is 15.9 Å². The van der Waals surface area contributed by atoms with Crippen molar-refractivity contribution in [1.82, 2.24) is 9.21 Å². The lowest BCUT2D eigenvalue weighted by molar-refractivity contribution is -0.118. The fourth-order valence-corrected chi connectivity index (χ4v) is 4.83.